The molecule has 0 unspecified atom stereocenters. The molecular formula is C30H38N2. The molecule has 2 heteroatoms. The number of hydrogen-bond donors (Lipinski definition) is 0. The second kappa shape index (κ2) is 8.81. The summed E-state index contributed by atoms with van der Waals surface area (Å²) in [6, 6.07) is 17.5. The van der Waals surface area contributed by atoms with Crippen molar-refractivity contribution in [2.45, 2.75) is 90.9 Å². The van der Waals surface area contributed by atoms with Gasteiger partial charge in [-0.2, -0.15) is 0 Å². The van der Waals surface area contributed by atoms with E-state index in [1.54, 1.807) is 0 Å². The summed E-state index contributed by atoms with van der Waals surface area (Å²) in [5.41, 5.74) is 7.27. The van der Waals surface area contributed by atoms with Crippen molar-refractivity contribution in [2.24, 2.45) is 0 Å². The van der Waals surface area contributed by atoms with Gasteiger partial charge in [0, 0.05) is 0 Å². The number of hydrogen-bond acceptors (Lipinski definition) is 2. The highest BCUT2D eigenvalue weighted by Gasteiger charge is 2.37. The van der Waals surface area contributed by atoms with E-state index in [1.165, 1.54) is 21.9 Å². The first-order valence-electron chi connectivity index (χ1n) is 12.7. The first-order valence-corrected chi connectivity index (χ1v) is 12.7. The quantitative estimate of drug-likeness (QED) is 0.263. The zero-order valence-corrected chi connectivity index (χ0v) is 20.8. The van der Waals surface area contributed by atoms with Gasteiger partial charge in [0.1, 0.15) is 0 Å². The van der Waals surface area contributed by atoms with Crippen molar-refractivity contribution in [3.05, 3.63) is 59.7 Å². The van der Waals surface area contributed by atoms with Crippen molar-refractivity contribution >= 4 is 32.8 Å². The number of para-hydroxylation sites is 2. The van der Waals surface area contributed by atoms with Gasteiger partial charge in [-0.15, -0.1) is 0 Å². The molecular weight excluding hydrogens is 388 g/mol. The van der Waals surface area contributed by atoms with Crippen LogP contribution in [0.15, 0.2) is 48.5 Å². The number of aromatic nitrogens is 2. The zero-order valence-electron chi connectivity index (χ0n) is 20.8. The Balaban J connectivity index is 2.35. The maximum atomic E-state index is 5.35. The van der Waals surface area contributed by atoms with Gasteiger partial charge in [0.25, 0.3) is 0 Å². The van der Waals surface area contributed by atoms with Crippen molar-refractivity contribution in [1.29, 1.82) is 0 Å². The fraction of sp³-hybridized carbons (Fsp3) is 0.467. The molecule has 168 valence electrons. The lowest BCUT2D eigenvalue weighted by molar-refractivity contribution is 0.383. The van der Waals surface area contributed by atoms with Gasteiger partial charge >= 0.3 is 0 Å². The molecule has 0 N–H and O–H groups in total. The molecule has 1 aromatic heterocycles. The van der Waals surface area contributed by atoms with Gasteiger partial charge in [-0.05, 0) is 83.4 Å². The summed E-state index contributed by atoms with van der Waals surface area (Å²) >= 11 is 0. The molecule has 0 aliphatic carbocycles. The largest absolute Gasteiger partial charge is 0.244 e. The topological polar surface area (TPSA) is 25.8 Å². The van der Waals surface area contributed by atoms with E-state index in [-0.39, 0.29) is 10.8 Å². The standard InChI is InChI=1S/C30H38N2/c1-7-29(8-2,9-3)25-21-17-13-14-18-22(21)26(30(10-4,11-5)12-6)28-27(25)31-23-19-15-16-20-24(23)32-28/h13-20H,7-12H2,1-6H3. The fourth-order valence-corrected chi connectivity index (χ4v) is 6.16. The van der Waals surface area contributed by atoms with Gasteiger partial charge in [0.05, 0.1) is 22.1 Å². The molecule has 0 aliphatic heterocycles. The lowest BCUT2D eigenvalue weighted by Gasteiger charge is -2.37. The molecule has 0 atom stereocenters. The van der Waals surface area contributed by atoms with Crippen molar-refractivity contribution in [3.63, 3.8) is 0 Å². The van der Waals surface area contributed by atoms with E-state index in [2.05, 4.69) is 90.1 Å². The van der Waals surface area contributed by atoms with E-state index in [4.69, 9.17) is 9.97 Å². The number of fused-ring (bicyclic) bond motifs is 3. The Labute approximate surface area is 193 Å². The van der Waals surface area contributed by atoms with Gasteiger partial charge in [0.15, 0.2) is 0 Å². The highest BCUT2D eigenvalue weighted by molar-refractivity contribution is 6.06. The van der Waals surface area contributed by atoms with Gasteiger partial charge in [-0.25, -0.2) is 9.97 Å². The number of benzene rings is 3. The SMILES string of the molecule is CCC(CC)(CC)c1c2ccccc2c(C(CC)(CC)CC)c2nc3ccccc3nc12. The molecule has 0 bridgehead atoms. The van der Waals surface area contributed by atoms with Crippen LogP contribution in [0.25, 0.3) is 32.8 Å². The van der Waals surface area contributed by atoms with Gasteiger partial charge in [0.2, 0.25) is 0 Å². The number of nitrogens with zero attached hydrogens (tertiary/aromatic N) is 2. The Kier molecular flexibility index (Phi) is 6.25. The summed E-state index contributed by atoms with van der Waals surface area (Å²) < 4.78 is 0. The summed E-state index contributed by atoms with van der Waals surface area (Å²) in [4.78, 5) is 10.7. The van der Waals surface area contributed by atoms with E-state index >= 15 is 0 Å². The molecule has 0 fully saturated rings. The highest BCUT2D eigenvalue weighted by atomic mass is 14.8. The van der Waals surface area contributed by atoms with Crippen LogP contribution in [-0.4, -0.2) is 9.97 Å². The maximum Gasteiger partial charge on any atom is 0.0941 e. The summed E-state index contributed by atoms with van der Waals surface area (Å²) in [5.74, 6) is 0. The molecule has 0 amide bonds. The molecule has 3 aromatic carbocycles. The molecule has 32 heavy (non-hydrogen) atoms. The van der Waals surface area contributed by atoms with E-state index in [9.17, 15) is 0 Å². The molecule has 2 nitrogen and oxygen atoms in total. The third-order valence-corrected chi connectivity index (χ3v) is 8.63. The third-order valence-electron chi connectivity index (χ3n) is 8.63. The van der Waals surface area contributed by atoms with Crippen LogP contribution in [0.5, 0.6) is 0 Å². The summed E-state index contributed by atoms with van der Waals surface area (Å²) in [5, 5.41) is 2.76. The van der Waals surface area contributed by atoms with Crippen LogP contribution in [0.1, 0.15) is 91.2 Å². The summed E-state index contributed by atoms with van der Waals surface area (Å²) in [7, 11) is 0. The van der Waals surface area contributed by atoms with E-state index in [1.807, 2.05) is 0 Å². The van der Waals surface area contributed by atoms with Crippen LogP contribution in [0, 0.1) is 0 Å². The molecule has 0 saturated carbocycles. The number of rotatable bonds is 8. The molecule has 4 rings (SSSR count). The van der Waals surface area contributed by atoms with E-state index < -0.39 is 0 Å². The maximum absolute atomic E-state index is 5.35. The molecule has 0 radical (unpaired) electrons. The molecule has 0 aliphatic rings. The van der Waals surface area contributed by atoms with Gasteiger partial charge in [-0.1, -0.05) is 77.9 Å². The monoisotopic (exact) mass is 426 g/mol. The lowest BCUT2D eigenvalue weighted by Crippen LogP contribution is -2.28. The second-order valence-corrected chi connectivity index (χ2v) is 9.39. The Bertz CT molecular complexity index is 1130. The molecule has 1 heterocycles. The average molecular weight is 427 g/mol. The van der Waals surface area contributed by atoms with E-state index in [0.717, 1.165) is 60.6 Å². The summed E-state index contributed by atoms with van der Waals surface area (Å²) in [6.07, 6.45) is 6.63. The normalized spacial score (nSPS) is 12.8. The minimum absolute atomic E-state index is 0.0980. The zero-order chi connectivity index (χ0) is 22.9. The molecule has 4 aromatic rings. The van der Waals surface area contributed by atoms with Crippen LogP contribution in [0.2, 0.25) is 0 Å². The Hall–Kier alpha value is -2.48. The smallest absolute Gasteiger partial charge is 0.0941 e. The third kappa shape index (κ3) is 3.22. The van der Waals surface area contributed by atoms with Crippen LogP contribution >= 0.6 is 0 Å². The van der Waals surface area contributed by atoms with E-state index in [0.29, 0.717) is 0 Å². The Morgan fingerprint density at radius 2 is 0.812 bits per heavy atom. The molecule has 0 spiro atoms. The van der Waals surface area contributed by atoms with Gasteiger partial charge in [-0.3, -0.25) is 0 Å². The van der Waals surface area contributed by atoms with Crippen molar-refractivity contribution in [1.82, 2.24) is 9.97 Å². The molecule has 0 saturated heterocycles. The van der Waals surface area contributed by atoms with Crippen LogP contribution in [0.4, 0.5) is 0 Å². The van der Waals surface area contributed by atoms with Crippen LogP contribution in [0.3, 0.4) is 0 Å². The minimum atomic E-state index is 0.0980. The lowest BCUT2D eigenvalue weighted by atomic mass is 9.67. The van der Waals surface area contributed by atoms with Crippen molar-refractivity contribution in [3.8, 4) is 0 Å². The second-order valence-electron chi connectivity index (χ2n) is 9.39. The predicted octanol–water partition coefficient (Wildman–Crippen LogP) is 8.87. The highest BCUT2D eigenvalue weighted by Crippen LogP contribution is 2.49. The Morgan fingerprint density at radius 3 is 1.12 bits per heavy atom. The van der Waals surface area contributed by atoms with Crippen molar-refractivity contribution < 1.29 is 0 Å². The van der Waals surface area contributed by atoms with Crippen LogP contribution in [-0.2, 0) is 10.8 Å². The Morgan fingerprint density at radius 1 is 0.500 bits per heavy atom. The fourth-order valence-electron chi connectivity index (χ4n) is 6.16. The summed E-state index contributed by atoms with van der Waals surface area (Å²) in [6.45, 7) is 14.0. The first-order chi connectivity index (χ1) is 15.5. The first kappa shape index (κ1) is 22.7. The van der Waals surface area contributed by atoms with Crippen LogP contribution < -0.4 is 0 Å². The average Bonchev–Trinajstić information content (AvgIpc) is 2.86. The van der Waals surface area contributed by atoms with Crippen molar-refractivity contribution in [2.75, 3.05) is 0 Å². The predicted molar refractivity (Wildman–Crippen MR) is 140 cm³/mol. The van der Waals surface area contributed by atoms with Gasteiger partial charge < -0.3 is 0 Å². The minimum Gasteiger partial charge on any atom is -0.244 e.